The van der Waals surface area contributed by atoms with Crippen LogP contribution in [0.4, 0.5) is 0 Å². The standard InChI is InChI=1S/C12H25NS/c1-3-13-8-11(2)9-14-10-12-6-4-5-7-12/h11-13H,3-10H2,1-2H3. The molecule has 1 nitrogen and oxygen atoms in total. The van der Waals surface area contributed by atoms with E-state index >= 15 is 0 Å². The summed E-state index contributed by atoms with van der Waals surface area (Å²) < 4.78 is 0. The summed E-state index contributed by atoms with van der Waals surface area (Å²) in [7, 11) is 0. The van der Waals surface area contributed by atoms with Crippen LogP contribution in [0.1, 0.15) is 39.5 Å². The van der Waals surface area contributed by atoms with Crippen molar-refractivity contribution in [2.75, 3.05) is 24.6 Å². The van der Waals surface area contributed by atoms with Crippen molar-refractivity contribution in [3.63, 3.8) is 0 Å². The summed E-state index contributed by atoms with van der Waals surface area (Å²) >= 11 is 2.17. The van der Waals surface area contributed by atoms with E-state index in [9.17, 15) is 0 Å². The van der Waals surface area contributed by atoms with Gasteiger partial charge in [0.15, 0.2) is 0 Å². The van der Waals surface area contributed by atoms with Crippen LogP contribution in [0.3, 0.4) is 0 Å². The van der Waals surface area contributed by atoms with Crippen molar-refractivity contribution in [3.8, 4) is 0 Å². The Balaban J connectivity index is 1.91. The highest BCUT2D eigenvalue weighted by atomic mass is 32.2. The molecule has 1 fully saturated rings. The second-order valence-corrected chi connectivity index (χ2v) is 5.68. The van der Waals surface area contributed by atoms with Gasteiger partial charge in [0.05, 0.1) is 0 Å². The van der Waals surface area contributed by atoms with Gasteiger partial charge in [-0.25, -0.2) is 0 Å². The fourth-order valence-electron chi connectivity index (χ4n) is 2.06. The molecule has 1 N–H and O–H groups in total. The van der Waals surface area contributed by atoms with Gasteiger partial charge in [-0.3, -0.25) is 0 Å². The molecule has 0 radical (unpaired) electrons. The molecular weight excluding hydrogens is 190 g/mol. The molecular formula is C12H25NS. The first-order valence-corrected chi connectivity index (χ1v) is 7.26. The van der Waals surface area contributed by atoms with Crippen LogP contribution in [0.25, 0.3) is 0 Å². The van der Waals surface area contributed by atoms with Gasteiger partial charge < -0.3 is 5.32 Å². The molecule has 14 heavy (non-hydrogen) atoms. The van der Waals surface area contributed by atoms with Gasteiger partial charge in [0.25, 0.3) is 0 Å². The van der Waals surface area contributed by atoms with E-state index in [0.717, 1.165) is 18.4 Å². The summed E-state index contributed by atoms with van der Waals surface area (Å²) in [4.78, 5) is 0. The topological polar surface area (TPSA) is 12.0 Å². The molecule has 0 heterocycles. The van der Waals surface area contributed by atoms with Gasteiger partial charge in [-0.05, 0) is 49.3 Å². The van der Waals surface area contributed by atoms with Crippen LogP contribution < -0.4 is 5.32 Å². The first-order valence-electron chi connectivity index (χ1n) is 6.11. The second kappa shape index (κ2) is 7.58. The fourth-order valence-corrected chi connectivity index (χ4v) is 3.39. The van der Waals surface area contributed by atoms with E-state index in [2.05, 4.69) is 30.9 Å². The van der Waals surface area contributed by atoms with Gasteiger partial charge in [0.1, 0.15) is 0 Å². The lowest BCUT2D eigenvalue weighted by Crippen LogP contribution is -2.22. The average Bonchev–Trinajstić information content (AvgIpc) is 2.67. The molecule has 84 valence electrons. The van der Waals surface area contributed by atoms with Crippen LogP contribution in [0.5, 0.6) is 0 Å². The van der Waals surface area contributed by atoms with Crippen molar-refractivity contribution in [1.82, 2.24) is 5.32 Å². The number of hydrogen-bond acceptors (Lipinski definition) is 2. The van der Waals surface area contributed by atoms with E-state index in [1.165, 1.54) is 43.7 Å². The predicted molar refractivity (Wildman–Crippen MR) is 67.0 cm³/mol. The summed E-state index contributed by atoms with van der Waals surface area (Å²) in [6.07, 6.45) is 5.96. The van der Waals surface area contributed by atoms with E-state index in [-0.39, 0.29) is 0 Å². The minimum Gasteiger partial charge on any atom is -0.317 e. The highest BCUT2D eigenvalue weighted by molar-refractivity contribution is 7.99. The highest BCUT2D eigenvalue weighted by Crippen LogP contribution is 2.28. The molecule has 0 aromatic heterocycles. The van der Waals surface area contributed by atoms with Crippen LogP contribution in [0.2, 0.25) is 0 Å². The van der Waals surface area contributed by atoms with Crippen molar-refractivity contribution >= 4 is 11.8 Å². The predicted octanol–water partition coefficient (Wildman–Crippen LogP) is 3.16. The quantitative estimate of drug-likeness (QED) is 0.700. The lowest BCUT2D eigenvalue weighted by atomic mass is 10.1. The minimum atomic E-state index is 0.835. The Bertz CT molecular complexity index is 132. The van der Waals surface area contributed by atoms with Gasteiger partial charge in [-0.1, -0.05) is 26.7 Å². The maximum Gasteiger partial charge on any atom is -0.00154 e. The normalized spacial score (nSPS) is 20.1. The van der Waals surface area contributed by atoms with E-state index in [4.69, 9.17) is 0 Å². The molecule has 1 aliphatic carbocycles. The molecule has 0 amide bonds. The largest absolute Gasteiger partial charge is 0.317 e. The zero-order valence-electron chi connectivity index (χ0n) is 9.72. The molecule has 0 aromatic carbocycles. The van der Waals surface area contributed by atoms with Crippen LogP contribution in [-0.4, -0.2) is 24.6 Å². The number of nitrogens with one attached hydrogen (secondary N) is 1. The lowest BCUT2D eigenvalue weighted by molar-refractivity contribution is 0.571. The second-order valence-electron chi connectivity index (χ2n) is 4.60. The molecule has 1 saturated carbocycles. The summed E-state index contributed by atoms with van der Waals surface area (Å²) in [5, 5.41) is 3.41. The maximum atomic E-state index is 3.41. The highest BCUT2D eigenvalue weighted by Gasteiger charge is 2.14. The smallest absolute Gasteiger partial charge is 0.00154 e. The van der Waals surface area contributed by atoms with E-state index in [1.54, 1.807) is 0 Å². The first-order chi connectivity index (χ1) is 6.83. The van der Waals surface area contributed by atoms with Gasteiger partial charge in [0.2, 0.25) is 0 Å². The zero-order valence-corrected chi connectivity index (χ0v) is 10.5. The Hall–Kier alpha value is 0.310. The summed E-state index contributed by atoms with van der Waals surface area (Å²) in [6, 6.07) is 0. The van der Waals surface area contributed by atoms with Crippen LogP contribution in [0, 0.1) is 11.8 Å². The molecule has 0 aromatic rings. The molecule has 0 bridgehead atoms. The Morgan fingerprint density at radius 1 is 1.36 bits per heavy atom. The molecule has 2 heteroatoms. The van der Waals surface area contributed by atoms with Crippen molar-refractivity contribution < 1.29 is 0 Å². The van der Waals surface area contributed by atoms with Crippen molar-refractivity contribution in [1.29, 1.82) is 0 Å². The lowest BCUT2D eigenvalue weighted by Gasteiger charge is -2.13. The molecule has 0 spiro atoms. The van der Waals surface area contributed by atoms with Crippen molar-refractivity contribution in [3.05, 3.63) is 0 Å². The zero-order chi connectivity index (χ0) is 10.2. The Morgan fingerprint density at radius 2 is 2.07 bits per heavy atom. The maximum absolute atomic E-state index is 3.41. The third-order valence-electron chi connectivity index (χ3n) is 2.97. The molecule has 0 aliphatic heterocycles. The van der Waals surface area contributed by atoms with Crippen LogP contribution in [-0.2, 0) is 0 Å². The SMILES string of the molecule is CCNCC(C)CSCC1CCCC1. The Labute approximate surface area is 93.4 Å². The number of thioether (sulfide) groups is 1. The molecule has 1 aliphatic rings. The van der Waals surface area contributed by atoms with Gasteiger partial charge >= 0.3 is 0 Å². The fraction of sp³-hybridized carbons (Fsp3) is 1.00. The summed E-state index contributed by atoms with van der Waals surface area (Å²) in [6.45, 7) is 6.83. The molecule has 1 rings (SSSR count). The Kier molecular flexibility index (Phi) is 6.70. The summed E-state index contributed by atoms with van der Waals surface area (Å²) in [5.41, 5.74) is 0. The van der Waals surface area contributed by atoms with Gasteiger partial charge in [0, 0.05) is 0 Å². The van der Waals surface area contributed by atoms with Gasteiger partial charge in [-0.2, -0.15) is 11.8 Å². The Morgan fingerprint density at radius 3 is 2.71 bits per heavy atom. The third-order valence-corrected chi connectivity index (χ3v) is 4.49. The first kappa shape index (κ1) is 12.4. The van der Waals surface area contributed by atoms with E-state index in [0.29, 0.717) is 0 Å². The molecule has 1 atom stereocenters. The van der Waals surface area contributed by atoms with Crippen LogP contribution >= 0.6 is 11.8 Å². The average molecular weight is 215 g/mol. The minimum absolute atomic E-state index is 0.835. The molecule has 1 unspecified atom stereocenters. The monoisotopic (exact) mass is 215 g/mol. The number of rotatable bonds is 7. The van der Waals surface area contributed by atoms with Gasteiger partial charge in [-0.15, -0.1) is 0 Å². The summed E-state index contributed by atoms with van der Waals surface area (Å²) in [5.74, 6) is 4.63. The third kappa shape index (κ3) is 5.26. The molecule has 0 saturated heterocycles. The van der Waals surface area contributed by atoms with E-state index < -0.39 is 0 Å². The van der Waals surface area contributed by atoms with Crippen molar-refractivity contribution in [2.45, 2.75) is 39.5 Å². The van der Waals surface area contributed by atoms with Crippen molar-refractivity contribution in [2.24, 2.45) is 11.8 Å². The van der Waals surface area contributed by atoms with Crippen LogP contribution in [0.15, 0.2) is 0 Å². The number of hydrogen-bond donors (Lipinski definition) is 1. The van der Waals surface area contributed by atoms with E-state index in [1.807, 2.05) is 0 Å².